The highest BCUT2D eigenvalue weighted by atomic mass is 32.2. The molecule has 0 bridgehead atoms. The van der Waals surface area contributed by atoms with Gasteiger partial charge in [-0.05, 0) is 60.2 Å². The Morgan fingerprint density at radius 1 is 1.00 bits per heavy atom. The van der Waals surface area contributed by atoms with Crippen molar-refractivity contribution in [2.45, 2.75) is 35.6 Å². The highest BCUT2D eigenvalue weighted by Crippen LogP contribution is 2.35. The summed E-state index contributed by atoms with van der Waals surface area (Å²) in [7, 11) is -7.69. The summed E-state index contributed by atoms with van der Waals surface area (Å²) < 4.78 is 53.8. The van der Waals surface area contributed by atoms with E-state index in [1.165, 1.54) is 12.1 Å². The zero-order chi connectivity index (χ0) is 25.5. The fourth-order valence-corrected chi connectivity index (χ4v) is 7.64. The molecule has 0 spiro atoms. The van der Waals surface area contributed by atoms with Crippen molar-refractivity contribution < 1.29 is 26.7 Å². The largest absolute Gasteiger partial charge is 0.506 e. The van der Waals surface area contributed by atoms with Crippen molar-refractivity contribution in [1.29, 1.82) is 0 Å². The molecule has 11 heteroatoms. The van der Waals surface area contributed by atoms with Crippen LogP contribution in [0, 0.1) is 0 Å². The maximum atomic E-state index is 13.5. The van der Waals surface area contributed by atoms with Crippen LogP contribution in [0.1, 0.15) is 28.5 Å². The van der Waals surface area contributed by atoms with E-state index in [4.69, 9.17) is 0 Å². The van der Waals surface area contributed by atoms with E-state index in [9.17, 15) is 26.7 Å². The summed E-state index contributed by atoms with van der Waals surface area (Å²) in [5.41, 5.74) is 2.50. The molecule has 188 valence electrons. The molecule has 2 heterocycles. The first-order valence-corrected chi connectivity index (χ1v) is 14.4. The minimum absolute atomic E-state index is 0.0239. The van der Waals surface area contributed by atoms with Crippen molar-refractivity contribution in [2.24, 2.45) is 0 Å². The first kappa shape index (κ1) is 24.3. The van der Waals surface area contributed by atoms with Crippen LogP contribution >= 0.6 is 0 Å². The molecule has 36 heavy (non-hydrogen) atoms. The zero-order valence-electron chi connectivity index (χ0n) is 19.2. The quantitative estimate of drug-likeness (QED) is 0.448. The van der Waals surface area contributed by atoms with Crippen LogP contribution in [0.5, 0.6) is 5.75 Å². The van der Waals surface area contributed by atoms with E-state index in [-0.39, 0.29) is 22.4 Å². The van der Waals surface area contributed by atoms with Crippen LogP contribution in [0.4, 0.5) is 5.69 Å². The molecular formula is C25H25N3O6S2. The number of anilines is 1. The molecule has 0 aromatic heterocycles. The molecule has 5 rings (SSSR count). The molecule has 3 aromatic rings. The van der Waals surface area contributed by atoms with E-state index in [0.717, 1.165) is 21.0 Å². The second kappa shape index (κ2) is 9.23. The normalized spacial score (nSPS) is 21.1. The summed E-state index contributed by atoms with van der Waals surface area (Å²) in [6.45, 7) is -0.391. The lowest BCUT2D eigenvalue weighted by Crippen LogP contribution is -2.43. The van der Waals surface area contributed by atoms with Gasteiger partial charge < -0.3 is 5.11 Å². The molecule has 1 unspecified atom stereocenters. The summed E-state index contributed by atoms with van der Waals surface area (Å²) in [5, 5.41) is 12.9. The lowest BCUT2D eigenvalue weighted by Gasteiger charge is -2.33. The average molecular weight is 528 g/mol. The molecule has 2 aliphatic heterocycles. The summed E-state index contributed by atoms with van der Waals surface area (Å²) in [6, 6.07) is 20.4. The number of nitrogens with zero attached hydrogens (tertiary/aromatic N) is 1. The van der Waals surface area contributed by atoms with Gasteiger partial charge in [0.25, 0.3) is 5.91 Å². The van der Waals surface area contributed by atoms with Gasteiger partial charge >= 0.3 is 10.2 Å². The summed E-state index contributed by atoms with van der Waals surface area (Å²) in [6.07, 6.45) is 1.77. The summed E-state index contributed by atoms with van der Waals surface area (Å²) in [4.78, 5) is 11.8. The number of aryl methyl sites for hydroxylation is 1. The van der Waals surface area contributed by atoms with Gasteiger partial charge in [-0.2, -0.15) is 8.42 Å². The maximum Gasteiger partial charge on any atom is 0.326 e. The summed E-state index contributed by atoms with van der Waals surface area (Å²) in [5.74, 6) is -0.916. The van der Waals surface area contributed by atoms with Crippen molar-refractivity contribution in [3.63, 3.8) is 0 Å². The van der Waals surface area contributed by atoms with Crippen molar-refractivity contribution in [2.75, 3.05) is 10.8 Å². The van der Waals surface area contributed by atoms with E-state index in [2.05, 4.69) is 5.32 Å². The fourth-order valence-electron chi connectivity index (χ4n) is 4.73. The third kappa shape index (κ3) is 4.57. The number of sulfone groups is 1. The average Bonchev–Trinajstić information content (AvgIpc) is 3.14. The Kier molecular flexibility index (Phi) is 6.23. The highest BCUT2D eigenvalue weighted by Gasteiger charge is 2.37. The molecule has 0 saturated carbocycles. The molecule has 1 amide bonds. The predicted molar refractivity (Wildman–Crippen MR) is 134 cm³/mol. The Hall–Kier alpha value is -3.41. The first-order valence-electron chi connectivity index (χ1n) is 11.4. The molecule has 1 fully saturated rings. The van der Waals surface area contributed by atoms with Gasteiger partial charge in [0, 0.05) is 6.04 Å². The number of carbonyl (C=O) groups is 1. The number of nitrogens with one attached hydrogen (secondary N) is 2. The van der Waals surface area contributed by atoms with E-state index >= 15 is 0 Å². The Labute approximate surface area is 209 Å². The van der Waals surface area contributed by atoms with Crippen LogP contribution < -0.4 is 14.3 Å². The van der Waals surface area contributed by atoms with Crippen LogP contribution in [-0.4, -0.2) is 40.4 Å². The molecule has 0 radical (unpaired) electrons. The van der Waals surface area contributed by atoms with Gasteiger partial charge in [-0.15, -0.1) is 0 Å². The SMILES string of the molecule is O=C1CN(c2ccc(CCC3Cc4ccccc4[C@@H](S(=O)(=O)c4ccccc4)N3)cc2O)S(=O)(=O)N1. The molecule has 2 atom stereocenters. The van der Waals surface area contributed by atoms with Crippen molar-refractivity contribution in [3.8, 4) is 5.75 Å². The second-order valence-corrected chi connectivity index (χ2v) is 12.5. The number of benzene rings is 3. The van der Waals surface area contributed by atoms with E-state index in [0.29, 0.717) is 19.3 Å². The minimum atomic E-state index is -4.02. The predicted octanol–water partition coefficient (Wildman–Crippen LogP) is 2.19. The number of fused-ring (bicyclic) bond motifs is 1. The minimum Gasteiger partial charge on any atom is -0.506 e. The standard InChI is InChI=1S/C25H25N3O6S2/c29-23-14-17(11-13-22(23)28-16-24(30)27-36(28,33)34)10-12-19-15-18-6-4-5-9-21(18)25(26-19)35(31,32)20-7-2-1-3-8-20/h1-9,11,13-14,19,25-26,29H,10,12,15-16H2,(H,27,30)/t19?,25-/m1/s1. The molecular weight excluding hydrogens is 502 g/mol. The molecule has 1 saturated heterocycles. The van der Waals surface area contributed by atoms with Gasteiger partial charge in [-0.1, -0.05) is 48.5 Å². The molecule has 3 aromatic carbocycles. The Bertz CT molecular complexity index is 1520. The number of phenolic OH excluding ortho intramolecular Hbond substituents is 1. The highest BCUT2D eigenvalue weighted by molar-refractivity contribution is 7.92. The third-order valence-corrected chi connectivity index (χ3v) is 9.81. The second-order valence-electron chi connectivity index (χ2n) is 8.90. The zero-order valence-corrected chi connectivity index (χ0v) is 20.8. The van der Waals surface area contributed by atoms with Crippen molar-refractivity contribution >= 4 is 31.6 Å². The summed E-state index contributed by atoms with van der Waals surface area (Å²) >= 11 is 0. The molecule has 0 aliphatic carbocycles. The van der Waals surface area contributed by atoms with Crippen LogP contribution in [0.2, 0.25) is 0 Å². The van der Waals surface area contributed by atoms with Gasteiger partial charge in [0.15, 0.2) is 9.84 Å². The third-order valence-electron chi connectivity index (χ3n) is 6.48. The van der Waals surface area contributed by atoms with Crippen LogP contribution in [0.25, 0.3) is 0 Å². The fraction of sp³-hybridized carbons (Fsp3) is 0.240. The number of rotatable bonds is 6. The van der Waals surface area contributed by atoms with Gasteiger partial charge in [-0.3, -0.25) is 10.1 Å². The number of phenols is 1. The van der Waals surface area contributed by atoms with E-state index < -0.39 is 37.9 Å². The monoisotopic (exact) mass is 527 g/mol. The van der Waals surface area contributed by atoms with Crippen molar-refractivity contribution in [1.82, 2.24) is 10.0 Å². The van der Waals surface area contributed by atoms with Crippen molar-refractivity contribution in [3.05, 3.63) is 89.5 Å². The van der Waals surface area contributed by atoms with Gasteiger partial charge in [-0.25, -0.2) is 17.4 Å². The maximum absolute atomic E-state index is 13.5. The van der Waals surface area contributed by atoms with Crippen LogP contribution in [0.15, 0.2) is 77.7 Å². The first-order chi connectivity index (χ1) is 17.1. The number of amides is 1. The van der Waals surface area contributed by atoms with Crippen LogP contribution in [-0.2, 0) is 37.7 Å². The van der Waals surface area contributed by atoms with E-state index in [1.807, 2.05) is 29.0 Å². The smallest absolute Gasteiger partial charge is 0.326 e. The Balaban J connectivity index is 1.35. The lowest BCUT2D eigenvalue weighted by atomic mass is 9.92. The molecule has 3 N–H and O–H groups in total. The van der Waals surface area contributed by atoms with Crippen LogP contribution in [0.3, 0.4) is 0 Å². The topological polar surface area (TPSA) is 133 Å². The molecule has 9 nitrogen and oxygen atoms in total. The van der Waals surface area contributed by atoms with E-state index in [1.54, 1.807) is 36.4 Å². The number of hydrogen-bond acceptors (Lipinski definition) is 7. The number of hydrogen-bond donors (Lipinski definition) is 3. The van der Waals surface area contributed by atoms with Gasteiger partial charge in [0.05, 0.1) is 10.6 Å². The molecule has 2 aliphatic rings. The lowest BCUT2D eigenvalue weighted by molar-refractivity contribution is -0.117. The van der Waals surface area contributed by atoms with Gasteiger partial charge in [0.1, 0.15) is 17.7 Å². The number of carbonyl (C=O) groups excluding carboxylic acids is 1. The Morgan fingerprint density at radius 2 is 1.72 bits per heavy atom. The van der Waals surface area contributed by atoms with Gasteiger partial charge in [0.2, 0.25) is 0 Å². The Morgan fingerprint density at radius 3 is 2.42 bits per heavy atom. The number of aromatic hydroxyl groups is 1.